The molecular formula is C28H27N3O3. The molecule has 3 heterocycles. The van der Waals surface area contributed by atoms with Gasteiger partial charge in [0.05, 0.1) is 31.7 Å². The van der Waals surface area contributed by atoms with Gasteiger partial charge in [0.1, 0.15) is 0 Å². The van der Waals surface area contributed by atoms with Crippen LogP contribution in [0, 0.1) is 0 Å². The molecule has 2 amide bonds. The van der Waals surface area contributed by atoms with Crippen molar-refractivity contribution < 1.29 is 14.7 Å². The zero-order chi connectivity index (χ0) is 23.5. The summed E-state index contributed by atoms with van der Waals surface area (Å²) in [6, 6.07) is 21.7. The van der Waals surface area contributed by atoms with Crippen molar-refractivity contribution in [1.82, 2.24) is 14.8 Å². The average Bonchev–Trinajstić information content (AvgIpc) is 2.86. The molecule has 2 aliphatic rings. The summed E-state index contributed by atoms with van der Waals surface area (Å²) in [6.45, 7) is 0.440. The van der Waals surface area contributed by atoms with Crippen LogP contribution in [0.4, 0.5) is 0 Å². The molecule has 5 rings (SSSR count). The smallest absolute Gasteiger partial charge is 0.242 e. The van der Waals surface area contributed by atoms with Gasteiger partial charge in [-0.2, -0.15) is 0 Å². The second kappa shape index (κ2) is 9.61. The van der Waals surface area contributed by atoms with Crippen LogP contribution in [-0.4, -0.2) is 63.5 Å². The van der Waals surface area contributed by atoms with E-state index in [0.717, 1.165) is 22.3 Å². The van der Waals surface area contributed by atoms with Crippen LogP contribution in [0.2, 0.25) is 0 Å². The predicted octanol–water partition coefficient (Wildman–Crippen LogP) is 2.99. The van der Waals surface area contributed by atoms with Crippen molar-refractivity contribution in [3.63, 3.8) is 0 Å². The Balaban J connectivity index is 1.30. The summed E-state index contributed by atoms with van der Waals surface area (Å²) >= 11 is 0. The minimum atomic E-state index is -0.251. The zero-order valence-electron chi connectivity index (χ0n) is 18.8. The van der Waals surface area contributed by atoms with Gasteiger partial charge in [0.2, 0.25) is 11.8 Å². The van der Waals surface area contributed by atoms with Crippen LogP contribution in [0.15, 0.2) is 79.1 Å². The van der Waals surface area contributed by atoms with Crippen LogP contribution in [-0.2, 0) is 16.0 Å². The number of aromatic nitrogens is 1. The number of rotatable bonds is 6. The number of hydrogen-bond donors (Lipinski definition) is 1. The van der Waals surface area contributed by atoms with Crippen molar-refractivity contribution >= 4 is 24.0 Å². The van der Waals surface area contributed by atoms with Crippen LogP contribution in [0.25, 0.3) is 12.2 Å². The lowest BCUT2D eigenvalue weighted by atomic mass is 9.73. The van der Waals surface area contributed by atoms with E-state index in [0.29, 0.717) is 6.54 Å². The van der Waals surface area contributed by atoms with Gasteiger partial charge >= 0.3 is 0 Å². The van der Waals surface area contributed by atoms with Gasteiger partial charge in [-0.3, -0.25) is 14.6 Å². The van der Waals surface area contributed by atoms with E-state index >= 15 is 0 Å². The van der Waals surface area contributed by atoms with E-state index in [9.17, 15) is 14.7 Å². The average molecular weight is 454 g/mol. The molecule has 34 heavy (non-hydrogen) atoms. The second-order valence-corrected chi connectivity index (χ2v) is 8.87. The number of nitrogens with zero attached hydrogens (tertiary/aromatic N) is 3. The van der Waals surface area contributed by atoms with Crippen LogP contribution >= 0.6 is 0 Å². The minimum absolute atomic E-state index is 0.00454. The molecule has 1 aromatic heterocycles. The Labute approximate surface area is 199 Å². The fourth-order valence-electron chi connectivity index (χ4n) is 5.06. The van der Waals surface area contributed by atoms with E-state index in [1.165, 1.54) is 0 Å². The van der Waals surface area contributed by atoms with Crippen molar-refractivity contribution in [2.24, 2.45) is 0 Å². The zero-order valence-corrected chi connectivity index (χ0v) is 18.8. The summed E-state index contributed by atoms with van der Waals surface area (Å²) in [4.78, 5) is 33.2. The van der Waals surface area contributed by atoms with Crippen LogP contribution in [0.5, 0.6) is 0 Å². The third-order valence-corrected chi connectivity index (χ3v) is 6.77. The van der Waals surface area contributed by atoms with Crippen LogP contribution < -0.4 is 0 Å². The molecule has 0 radical (unpaired) electrons. The summed E-state index contributed by atoms with van der Waals surface area (Å²) < 4.78 is 0. The summed E-state index contributed by atoms with van der Waals surface area (Å²) in [5.74, 6) is -0.183. The third kappa shape index (κ3) is 4.37. The number of benzene rings is 2. The quantitative estimate of drug-likeness (QED) is 0.583. The normalized spacial score (nSPS) is 21.9. The first-order valence-corrected chi connectivity index (χ1v) is 11.6. The molecule has 172 valence electrons. The van der Waals surface area contributed by atoms with E-state index in [1.54, 1.807) is 28.3 Å². The van der Waals surface area contributed by atoms with E-state index in [4.69, 9.17) is 0 Å². The van der Waals surface area contributed by atoms with Crippen LogP contribution in [0.3, 0.4) is 0 Å². The monoisotopic (exact) mass is 453 g/mol. The molecule has 3 aromatic rings. The van der Waals surface area contributed by atoms with Gasteiger partial charge in [0, 0.05) is 24.9 Å². The highest BCUT2D eigenvalue weighted by molar-refractivity contribution is 5.88. The molecule has 6 heteroatoms. The maximum atomic E-state index is 12.9. The van der Waals surface area contributed by atoms with Gasteiger partial charge in [0.15, 0.2) is 0 Å². The number of fused-ring (bicyclic) bond motifs is 1. The molecule has 0 spiro atoms. The molecule has 2 aliphatic heterocycles. The Bertz CT molecular complexity index is 1180. The molecule has 2 aromatic carbocycles. The molecule has 0 bridgehead atoms. The lowest BCUT2D eigenvalue weighted by Gasteiger charge is -2.58. The Morgan fingerprint density at radius 2 is 1.74 bits per heavy atom. The molecule has 2 saturated heterocycles. The van der Waals surface area contributed by atoms with Crippen molar-refractivity contribution in [3.8, 4) is 0 Å². The molecule has 0 aliphatic carbocycles. The Kier molecular flexibility index (Phi) is 6.23. The maximum absolute atomic E-state index is 12.9. The minimum Gasteiger partial charge on any atom is -0.394 e. The number of aliphatic hydroxyl groups is 1. The van der Waals surface area contributed by atoms with Crippen molar-refractivity contribution in [1.29, 1.82) is 0 Å². The molecule has 1 N–H and O–H groups in total. The highest BCUT2D eigenvalue weighted by Gasteiger charge is 2.54. The molecule has 0 unspecified atom stereocenters. The number of aliphatic hydroxyl groups excluding tert-OH is 1. The van der Waals surface area contributed by atoms with Gasteiger partial charge in [-0.25, -0.2) is 0 Å². The number of carbonyl (C=O) groups excluding carboxylic acids is 2. The number of hydrogen-bond acceptors (Lipinski definition) is 4. The van der Waals surface area contributed by atoms with Gasteiger partial charge in [0.25, 0.3) is 0 Å². The lowest BCUT2D eigenvalue weighted by molar-refractivity contribution is -0.166. The molecule has 0 saturated carbocycles. The fourth-order valence-corrected chi connectivity index (χ4v) is 5.06. The highest BCUT2D eigenvalue weighted by Crippen LogP contribution is 2.43. The Morgan fingerprint density at radius 3 is 2.41 bits per heavy atom. The van der Waals surface area contributed by atoms with Gasteiger partial charge in [-0.1, -0.05) is 72.8 Å². The first kappa shape index (κ1) is 22.0. The highest BCUT2D eigenvalue weighted by atomic mass is 16.3. The SMILES string of the molecule is O=C(Cc1cccnc1)N1CC(=O)N2[C@@H](CO)[C@H](c3ccc(/C=C/c4ccccc4)cc3)[C@@H]2C1. The van der Waals surface area contributed by atoms with E-state index in [2.05, 4.69) is 53.5 Å². The number of carbonyl (C=O) groups is 2. The van der Waals surface area contributed by atoms with Gasteiger partial charge in [-0.15, -0.1) is 0 Å². The predicted molar refractivity (Wildman–Crippen MR) is 131 cm³/mol. The summed E-state index contributed by atoms with van der Waals surface area (Å²) in [7, 11) is 0. The molecule has 3 atom stereocenters. The number of amides is 2. The van der Waals surface area contributed by atoms with Crippen molar-refractivity contribution in [3.05, 3.63) is 101 Å². The third-order valence-electron chi connectivity index (χ3n) is 6.77. The van der Waals surface area contributed by atoms with Gasteiger partial charge in [-0.05, 0) is 28.3 Å². The first-order chi connectivity index (χ1) is 16.6. The standard InChI is InChI=1S/C28H27N3O3/c32-19-25-28(23-12-10-21(11-13-23)9-8-20-5-2-1-3-6-20)24-17-30(18-27(34)31(24)25)26(33)15-22-7-4-14-29-16-22/h1-14,16,24-25,28,32H,15,17-19H2/b9-8+/t24-,25-,28+/m0/s1. The maximum Gasteiger partial charge on any atom is 0.242 e. The van der Waals surface area contributed by atoms with E-state index in [1.807, 2.05) is 24.3 Å². The fraction of sp³-hybridized carbons (Fsp3) is 0.250. The second-order valence-electron chi connectivity index (χ2n) is 8.87. The lowest BCUT2D eigenvalue weighted by Crippen LogP contribution is -2.73. The number of piperazine rings is 1. The Morgan fingerprint density at radius 1 is 1.00 bits per heavy atom. The summed E-state index contributed by atoms with van der Waals surface area (Å²) in [5, 5.41) is 10.0. The van der Waals surface area contributed by atoms with Crippen molar-refractivity contribution in [2.75, 3.05) is 19.7 Å². The van der Waals surface area contributed by atoms with E-state index in [-0.39, 0.29) is 49.4 Å². The summed E-state index contributed by atoms with van der Waals surface area (Å²) in [6.07, 6.45) is 7.72. The summed E-state index contributed by atoms with van der Waals surface area (Å²) in [5.41, 5.74) is 4.13. The van der Waals surface area contributed by atoms with Gasteiger partial charge < -0.3 is 14.9 Å². The Hall–Kier alpha value is -3.77. The molecule has 2 fully saturated rings. The number of pyridine rings is 1. The first-order valence-electron chi connectivity index (χ1n) is 11.6. The van der Waals surface area contributed by atoms with E-state index < -0.39 is 0 Å². The topological polar surface area (TPSA) is 73.7 Å². The van der Waals surface area contributed by atoms with Crippen LogP contribution in [0.1, 0.15) is 28.2 Å². The van der Waals surface area contributed by atoms with Crippen molar-refractivity contribution in [2.45, 2.75) is 24.4 Å². The molecular weight excluding hydrogens is 426 g/mol. The molecule has 6 nitrogen and oxygen atoms in total. The largest absolute Gasteiger partial charge is 0.394 e.